The lowest BCUT2D eigenvalue weighted by atomic mass is 10.0. The minimum absolute atomic E-state index is 0.124. The summed E-state index contributed by atoms with van der Waals surface area (Å²) in [5.41, 5.74) is 3.01. The van der Waals surface area contributed by atoms with Gasteiger partial charge < -0.3 is 14.8 Å². The smallest absolute Gasteiger partial charge is 0.234 e. The topological polar surface area (TPSA) is 78.3 Å². The number of aryl methyl sites for hydroxylation is 1. The molecule has 3 aromatic rings. The van der Waals surface area contributed by atoms with E-state index in [9.17, 15) is 4.79 Å². The minimum atomic E-state index is -0.124. The van der Waals surface area contributed by atoms with E-state index in [1.54, 1.807) is 6.08 Å². The highest BCUT2D eigenvalue weighted by Crippen LogP contribution is 2.28. The summed E-state index contributed by atoms with van der Waals surface area (Å²) >= 11 is 1.33. The van der Waals surface area contributed by atoms with Crippen LogP contribution in [0.15, 0.2) is 60.3 Å². The van der Waals surface area contributed by atoms with Gasteiger partial charge in [-0.1, -0.05) is 43.8 Å². The van der Waals surface area contributed by atoms with Crippen LogP contribution in [0.5, 0.6) is 11.5 Å². The summed E-state index contributed by atoms with van der Waals surface area (Å²) in [6.07, 6.45) is 1.78. The summed E-state index contributed by atoms with van der Waals surface area (Å²) in [6, 6.07) is 13.5. The largest absolute Gasteiger partial charge is 0.494 e. The van der Waals surface area contributed by atoms with Gasteiger partial charge in [0.25, 0.3) is 0 Å². The molecule has 0 unspecified atom stereocenters. The quantitative estimate of drug-likeness (QED) is 0.268. The summed E-state index contributed by atoms with van der Waals surface area (Å²) in [5, 5.41) is 12.1. The Morgan fingerprint density at radius 3 is 2.62 bits per heavy atom. The molecule has 0 aliphatic heterocycles. The van der Waals surface area contributed by atoms with Crippen molar-refractivity contribution >= 4 is 23.4 Å². The lowest BCUT2D eigenvalue weighted by Crippen LogP contribution is -2.15. The van der Waals surface area contributed by atoms with Gasteiger partial charge in [0, 0.05) is 12.2 Å². The van der Waals surface area contributed by atoms with E-state index in [0.717, 1.165) is 28.3 Å². The van der Waals surface area contributed by atoms with Gasteiger partial charge in [-0.25, -0.2) is 0 Å². The van der Waals surface area contributed by atoms with Crippen LogP contribution >= 0.6 is 11.8 Å². The number of hydrogen-bond acceptors (Lipinski definition) is 6. The number of thioether (sulfide) groups is 1. The second-order valence-electron chi connectivity index (χ2n) is 8.08. The van der Waals surface area contributed by atoms with E-state index in [0.29, 0.717) is 30.1 Å². The Hall–Kier alpha value is -3.26. The van der Waals surface area contributed by atoms with Crippen LogP contribution < -0.4 is 14.8 Å². The number of aromatic nitrogens is 3. The molecular weight excluding hydrogens is 448 g/mol. The average molecular weight is 481 g/mol. The molecule has 34 heavy (non-hydrogen) atoms. The molecule has 2 aromatic carbocycles. The Labute approximate surface area is 205 Å². The third-order valence-corrected chi connectivity index (χ3v) is 6.00. The van der Waals surface area contributed by atoms with Gasteiger partial charge in [-0.15, -0.1) is 16.8 Å². The number of benzene rings is 2. The highest BCUT2D eigenvalue weighted by molar-refractivity contribution is 7.99. The average Bonchev–Trinajstić information content (AvgIpc) is 3.19. The van der Waals surface area contributed by atoms with Gasteiger partial charge in [-0.2, -0.15) is 0 Å². The van der Waals surface area contributed by atoms with E-state index in [-0.39, 0.29) is 18.3 Å². The van der Waals surface area contributed by atoms with E-state index >= 15 is 0 Å². The van der Waals surface area contributed by atoms with Crippen molar-refractivity contribution in [3.63, 3.8) is 0 Å². The predicted molar refractivity (Wildman–Crippen MR) is 137 cm³/mol. The number of nitrogens with zero attached hydrogens (tertiary/aromatic N) is 3. The van der Waals surface area contributed by atoms with Crippen molar-refractivity contribution < 1.29 is 14.3 Å². The molecule has 0 fully saturated rings. The van der Waals surface area contributed by atoms with Crippen molar-refractivity contribution in [3.8, 4) is 11.5 Å². The van der Waals surface area contributed by atoms with Crippen molar-refractivity contribution in [1.29, 1.82) is 0 Å². The van der Waals surface area contributed by atoms with Crippen molar-refractivity contribution in [1.82, 2.24) is 14.8 Å². The molecule has 1 heterocycles. The first-order chi connectivity index (χ1) is 16.4. The van der Waals surface area contributed by atoms with E-state index in [1.165, 1.54) is 11.8 Å². The van der Waals surface area contributed by atoms with Crippen LogP contribution in [0.4, 0.5) is 5.69 Å². The zero-order valence-electron chi connectivity index (χ0n) is 20.2. The number of anilines is 1. The van der Waals surface area contributed by atoms with E-state index < -0.39 is 0 Å². The van der Waals surface area contributed by atoms with E-state index in [1.807, 2.05) is 48.7 Å². The Morgan fingerprint density at radius 2 is 1.94 bits per heavy atom. The SMILES string of the molecule is C=CCn1c(COc2cc(C)ccc2C(C)C)nnc1SCC(=O)Nc1ccc(OCC)cc1. The van der Waals surface area contributed by atoms with Crippen molar-refractivity contribution in [2.75, 3.05) is 17.7 Å². The molecule has 0 bridgehead atoms. The summed E-state index contributed by atoms with van der Waals surface area (Å²) < 4.78 is 13.5. The molecule has 0 radical (unpaired) electrons. The summed E-state index contributed by atoms with van der Waals surface area (Å²) in [7, 11) is 0. The molecule has 7 nitrogen and oxygen atoms in total. The molecule has 0 atom stereocenters. The molecule has 0 aliphatic rings. The molecule has 8 heteroatoms. The zero-order chi connectivity index (χ0) is 24.5. The van der Waals surface area contributed by atoms with Crippen LogP contribution in [0.2, 0.25) is 0 Å². The van der Waals surface area contributed by atoms with Crippen LogP contribution in [0.3, 0.4) is 0 Å². The first-order valence-electron chi connectivity index (χ1n) is 11.3. The van der Waals surface area contributed by atoms with Crippen LogP contribution in [0, 0.1) is 6.92 Å². The number of allylic oxidation sites excluding steroid dienone is 1. The van der Waals surface area contributed by atoms with Gasteiger partial charge in [0.05, 0.1) is 12.4 Å². The lowest BCUT2D eigenvalue weighted by Gasteiger charge is -2.15. The highest BCUT2D eigenvalue weighted by atomic mass is 32.2. The van der Waals surface area contributed by atoms with E-state index in [4.69, 9.17) is 9.47 Å². The Kier molecular flexibility index (Phi) is 9.16. The molecule has 180 valence electrons. The lowest BCUT2D eigenvalue weighted by molar-refractivity contribution is -0.113. The molecule has 0 aliphatic carbocycles. The van der Waals surface area contributed by atoms with Gasteiger partial charge in [-0.05, 0) is 61.2 Å². The molecule has 1 aromatic heterocycles. The van der Waals surface area contributed by atoms with Crippen molar-refractivity contribution in [2.45, 2.75) is 51.9 Å². The molecule has 3 rings (SSSR count). The number of rotatable bonds is 12. The summed E-state index contributed by atoms with van der Waals surface area (Å²) in [6.45, 7) is 13.5. The fourth-order valence-electron chi connectivity index (χ4n) is 3.36. The first kappa shape index (κ1) is 25.4. The Morgan fingerprint density at radius 1 is 1.18 bits per heavy atom. The summed E-state index contributed by atoms with van der Waals surface area (Å²) in [5.74, 6) is 2.74. The molecule has 1 amide bonds. The van der Waals surface area contributed by atoms with Gasteiger partial charge in [0.1, 0.15) is 18.1 Å². The molecule has 0 spiro atoms. The highest BCUT2D eigenvalue weighted by Gasteiger charge is 2.16. The fraction of sp³-hybridized carbons (Fsp3) is 0.346. The maximum atomic E-state index is 12.5. The second kappa shape index (κ2) is 12.3. The van der Waals surface area contributed by atoms with Gasteiger partial charge in [-0.3, -0.25) is 9.36 Å². The van der Waals surface area contributed by atoms with Crippen LogP contribution in [-0.4, -0.2) is 33.0 Å². The molecule has 1 N–H and O–H groups in total. The normalized spacial score (nSPS) is 10.9. The standard InChI is InChI=1S/C26H32N4O3S/c1-6-14-30-24(16-33-23-15-19(5)8-13-22(23)18(3)4)28-29-26(30)34-17-25(31)27-20-9-11-21(12-10-20)32-7-2/h6,8-13,15,18H,1,7,14,16-17H2,2-5H3,(H,27,31). The molecule has 0 saturated carbocycles. The van der Waals surface area contributed by atoms with Crippen molar-refractivity contribution in [3.05, 3.63) is 72.1 Å². The Bertz CT molecular complexity index is 1110. The van der Waals surface area contributed by atoms with Gasteiger partial charge >= 0.3 is 0 Å². The number of ether oxygens (including phenoxy) is 2. The first-order valence-corrected chi connectivity index (χ1v) is 12.3. The van der Waals surface area contributed by atoms with Crippen LogP contribution in [0.25, 0.3) is 0 Å². The van der Waals surface area contributed by atoms with E-state index in [2.05, 4.69) is 48.1 Å². The third-order valence-electron chi connectivity index (χ3n) is 5.03. The monoisotopic (exact) mass is 480 g/mol. The number of carbonyl (C=O) groups excluding carboxylic acids is 1. The van der Waals surface area contributed by atoms with Crippen molar-refractivity contribution in [2.24, 2.45) is 0 Å². The number of amides is 1. The van der Waals surface area contributed by atoms with Gasteiger partial charge in [0.15, 0.2) is 11.0 Å². The number of nitrogens with one attached hydrogen (secondary N) is 1. The fourth-order valence-corrected chi connectivity index (χ4v) is 4.13. The number of carbonyl (C=O) groups is 1. The Balaban J connectivity index is 1.63. The maximum absolute atomic E-state index is 12.5. The predicted octanol–water partition coefficient (Wildman–Crippen LogP) is 5.60. The second-order valence-corrected chi connectivity index (χ2v) is 9.02. The molecule has 0 saturated heterocycles. The maximum Gasteiger partial charge on any atom is 0.234 e. The molecular formula is C26H32N4O3S. The third kappa shape index (κ3) is 6.87. The minimum Gasteiger partial charge on any atom is -0.494 e. The van der Waals surface area contributed by atoms with Crippen LogP contribution in [0.1, 0.15) is 43.6 Å². The van der Waals surface area contributed by atoms with Crippen LogP contribution in [-0.2, 0) is 17.9 Å². The zero-order valence-corrected chi connectivity index (χ0v) is 21.0. The summed E-state index contributed by atoms with van der Waals surface area (Å²) in [4.78, 5) is 12.5. The van der Waals surface area contributed by atoms with Gasteiger partial charge in [0.2, 0.25) is 5.91 Å². The number of hydrogen-bond donors (Lipinski definition) is 1.